The predicted octanol–water partition coefficient (Wildman–Crippen LogP) is 0.0526. The van der Waals surface area contributed by atoms with Crippen LogP contribution < -0.4 is 5.32 Å². The summed E-state index contributed by atoms with van der Waals surface area (Å²) in [7, 11) is 4.13. The Morgan fingerprint density at radius 1 is 1.50 bits per heavy atom. The van der Waals surface area contributed by atoms with Gasteiger partial charge in [0.15, 0.2) is 0 Å². The monoisotopic (exact) mass is 172 g/mol. The average molecular weight is 172 g/mol. The van der Waals surface area contributed by atoms with Gasteiger partial charge in [-0.05, 0) is 46.4 Å². The van der Waals surface area contributed by atoms with Crippen molar-refractivity contribution in [2.75, 3.05) is 33.7 Å². The van der Waals surface area contributed by atoms with Gasteiger partial charge in [0.05, 0.1) is 5.60 Å². The third-order valence-corrected chi connectivity index (χ3v) is 2.47. The van der Waals surface area contributed by atoms with E-state index in [0.717, 1.165) is 38.9 Å². The van der Waals surface area contributed by atoms with E-state index in [1.807, 2.05) is 0 Å². The van der Waals surface area contributed by atoms with E-state index >= 15 is 0 Å². The molecule has 0 amide bonds. The highest BCUT2D eigenvalue weighted by atomic mass is 16.3. The van der Waals surface area contributed by atoms with E-state index in [9.17, 15) is 5.11 Å². The lowest BCUT2D eigenvalue weighted by Crippen LogP contribution is -2.32. The molecule has 0 bridgehead atoms. The molecule has 1 fully saturated rings. The van der Waals surface area contributed by atoms with Crippen LogP contribution in [-0.2, 0) is 0 Å². The number of rotatable bonds is 4. The van der Waals surface area contributed by atoms with Crippen LogP contribution in [0.25, 0.3) is 0 Å². The number of nitrogens with zero attached hydrogens (tertiary/aromatic N) is 1. The number of aliphatic hydroxyl groups is 1. The third-order valence-electron chi connectivity index (χ3n) is 2.47. The second-order valence-electron chi connectivity index (χ2n) is 4.06. The first kappa shape index (κ1) is 9.96. The first-order chi connectivity index (χ1) is 5.62. The SMILES string of the molecule is CN(C)CCCC1(O)CCNC1. The lowest BCUT2D eigenvalue weighted by molar-refractivity contribution is 0.0484. The zero-order chi connectivity index (χ0) is 9.03. The van der Waals surface area contributed by atoms with Crippen molar-refractivity contribution in [1.82, 2.24) is 10.2 Å². The Kier molecular flexibility index (Phi) is 3.50. The average Bonchev–Trinajstić information content (AvgIpc) is 2.35. The molecule has 1 heterocycles. The van der Waals surface area contributed by atoms with Gasteiger partial charge in [-0.2, -0.15) is 0 Å². The maximum atomic E-state index is 9.92. The fourth-order valence-electron chi connectivity index (χ4n) is 1.67. The van der Waals surface area contributed by atoms with Gasteiger partial charge in [-0.1, -0.05) is 0 Å². The largest absolute Gasteiger partial charge is 0.389 e. The number of hydrogen-bond donors (Lipinski definition) is 2. The van der Waals surface area contributed by atoms with Crippen molar-refractivity contribution in [3.8, 4) is 0 Å². The van der Waals surface area contributed by atoms with Gasteiger partial charge in [0.1, 0.15) is 0 Å². The van der Waals surface area contributed by atoms with Crippen LogP contribution in [0, 0.1) is 0 Å². The van der Waals surface area contributed by atoms with Crippen molar-refractivity contribution < 1.29 is 5.11 Å². The Hall–Kier alpha value is -0.120. The van der Waals surface area contributed by atoms with E-state index in [0.29, 0.717) is 0 Å². The number of hydrogen-bond acceptors (Lipinski definition) is 3. The van der Waals surface area contributed by atoms with Crippen molar-refractivity contribution in [2.45, 2.75) is 24.9 Å². The molecule has 0 radical (unpaired) electrons. The minimum atomic E-state index is -0.407. The van der Waals surface area contributed by atoms with E-state index in [1.165, 1.54) is 0 Å². The molecule has 72 valence electrons. The summed E-state index contributed by atoms with van der Waals surface area (Å²) < 4.78 is 0. The standard InChI is InChI=1S/C9H20N2O/c1-11(2)7-3-4-9(12)5-6-10-8-9/h10,12H,3-8H2,1-2H3. The highest BCUT2D eigenvalue weighted by Crippen LogP contribution is 2.20. The smallest absolute Gasteiger partial charge is 0.0784 e. The molecule has 1 aliphatic heterocycles. The Morgan fingerprint density at radius 2 is 2.25 bits per heavy atom. The summed E-state index contributed by atoms with van der Waals surface area (Å²) in [5, 5.41) is 13.1. The molecule has 0 aromatic rings. The first-order valence-corrected chi connectivity index (χ1v) is 4.70. The Bertz CT molecular complexity index is 130. The molecule has 2 N–H and O–H groups in total. The molecule has 3 nitrogen and oxygen atoms in total. The summed E-state index contributed by atoms with van der Waals surface area (Å²) in [5.41, 5.74) is -0.407. The van der Waals surface area contributed by atoms with E-state index in [2.05, 4.69) is 24.3 Å². The lowest BCUT2D eigenvalue weighted by Gasteiger charge is -2.21. The number of β-amino-alcohol motifs (C(OH)–C–C–N with tert-alkyl or cyclic N) is 1. The van der Waals surface area contributed by atoms with E-state index in [-0.39, 0.29) is 0 Å². The van der Waals surface area contributed by atoms with Crippen LogP contribution in [0.5, 0.6) is 0 Å². The van der Waals surface area contributed by atoms with Crippen molar-refractivity contribution >= 4 is 0 Å². The van der Waals surface area contributed by atoms with Crippen LogP contribution in [0.4, 0.5) is 0 Å². The molecule has 3 heteroatoms. The summed E-state index contributed by atoms with van der Waals surface area (Å²) >= 11 is 0. The van der Waals surface area contributed by atoms with Crippen molar-refractivity contribution in [2.24, 2.45) is 0 Å². The van der Waals surface area contributed by atoms with E-state index in [4.69, 9.17) is 0 Å². The second-order valence-corrected chi connectivity index (χ2v) is 4.06. The Balaban J connectivity index is 2.13. The van der Waals surface area contributed by atoms with Gasteiger partial charge in [0, 0.05) is 6.54 Å². The van der Waals surface area contributed by atoms with Crippen LogP contribution in [0.1, 0.15) is 19.3 Å². The predicted molar refractivity (Wildman–Crippen MR) is 50.2 cm³/mol. The molecular weight excluding hydrogens is 152 g/mol. The first-order valence-electron chi connectivity index (χ1n) is 4.70. The normalized spacial score (nSPS) is 30.0. The topological polar surface area (TPSA) is 35.5 Å². The maximum absolute atomic E-state index is 9.92. The van der Waals surface area contributed by atoms with Crippen LogP contribution in [0.2, 0.25) is 0 Å². The highest BCUT2D eigenvalue weighted by molar-refractivity contribution is 4.87. The highest BCUT2D eigenvalue weighted by Gasteiger charge is 2.29. The fourth-order valence-corrected chi connectivity index (χ4v) is 1.67. The van der Waals surface area contributed by atoms with Gasteiger partial charge in [0.25, 0.3) is 0 Å². The zero-order valence-electron chi connectivity index (χ0n) is 8.14. The summed E-state index contributed by atoms with van der Waals surface area (Å²) in [6.07, 6.45) is 2.93. The summed E-state index contributed by atoms with van der Waals surface area (Å²) in [5.74, 6) is 0. The second kappa shape index (κ2) is 4.21. The zero-order valence-corrected chi connectivity index (χ0v) is 8.14. The molecule has 1 aliphatic rings. The minimum Gasteiger partial charge on any atom is -0.389 e. The molecule has 12 heavy (non-hydrogen) atoms. The Morgan fingerprint density at radius 3 is 2.75 bits per heavy atom. The van der Waals surface area contributed by atoms with Crippen molar-refractivity contribution in [3.05, 3.63) is 0 Å². The summed E-state index contributed by atoms with van der Waals surface area (Å²) in [6.45, 7) is 2.82. The minimum absolute atomic E-state index is 0.407. The van der Waals surface area contributed by atoms with Gasteiger partial charge >= 0.3 is 0 Å². The summed E-state index contributed by atoms with van der Waals surface area (Å²) in [6, 6.07) is 0. The van der Waals surface area contributed by atoms with Gasteiger partial charge in [-0.25, -0.2) is 0 Å². The maximum Gasteiger partial charge on any atom is 0.0784 e. The van der Waals surface area contributed by atoms with Crippen LogP contribution in [0.3, 0.4) is 0 Å². The number of nitrogens with one attached hydrogen (secondary N) is 1. The molecule has 1 unspecified atom stereocenters. The van der Waals surface area contributed by atoms with Gasteiger partial charge in [-0.3, -0.25) is 0 Å². The molecule has 0 spiro atoms. The summed E-state index contributed by atoms with van der Waals surface area (Å²) in [4.78, 5) is 2.16. The van der Waals surface area contributed by atoms with Gasteiger partial charge in [-0.15, -0.1) is 0 Å². The molecule has 0 aromatic carbocycles. The van der Waals surface area contributed by atoms with Crippen LogP contribution >= 0.6 is 0 Å². The third kappa shape index (κ3) is 3.09. The van der Waals surface area contributed by atoms with Crippen molar-refractivity contribution in [3.63, 3.8) is 0 Å². The molecule has 0 aromatic heterocycles. The van der Waals surface area contributed by atoms with E-state index < -0.39 is 5.60 Å². The van der Waals surface area contributed by atoms with Crippen LogP contribution in [0.15, 0.2) is 0 Å². The molecule has 1 saturated heterocycles. The van der Waals surface area contributed by atoms with E-state index in [1.54, 1.807) is 0 Å². The fraction of sp³-hybridized carbons (Fsp3) is 1.00. The van der Waals surface area contributed by atoms with Gasteiger partial charge in [0.2, 0.25) is 0 Å². The molecule has 1 rings (SSSR count). The molecule has 0 aliphatic carbocycles. The van der Waals surface area contributed by atoms with Crippen molar-refractivity contribution in [1.29, 1.82) is 0 Å². The Labute approximate surface area is 74.8 Å². The quantitative estimate of drug-likeness (QED) is 0.629. The molecule has 1 atom stereocenters. The lowest BCUT2D eigenvalue weighted by atomic mass is 9.97. The molecular formula is C9H20N2O. The molecule has 0 saturated carbocycles. The van der Waals surface area contributed by atoms with Crippen LogP contribution in [-0.4, -0.2) is 49.3 Å². The van der Waals surface area contributed by atoms with Gasteiger partial charge < -0.3 is 15.3 Å².